The summed E-state index contributed by atoms with van der Waals surface area (Å²) in [4.78, 5) is 15.7. The van der Waals surface area contributed by atoms with Crippen LogP contribution in [-0.2, 0) is 0 Å². The summed E-state index contributed by atoms with van der Waals surface area (Å²) in [5.41, 5.74) is 0.383. The smallest absolute Gasteiger partial charge is 0.269 e. The summed E-state index contributed by atoms with van der Waals surface area (Å²) in [7, 11) is 0. The first-order chi connectivity index (χ1) is 9.34. The van der Waals surface area contributed by atoms with Crippen molar-refractivity contribution in [1.82, 2.24) is 10.3 Å². The van der Waals surface area contributed by atoms with Crippen molar-refractivity contribution < 1.29 is 9.90 Å². The average Bonchev–Trinajstić information content (AvgIpc) is 2.36. The molecule has 1 aromatic heterocycles. The molecule has 1 rings (SSSR count). The van der Waals surface area contributed by atoms with Crippen molar-refractivity contribution in [3.63, 3.8) is 0 Å². The van der Waals surface area contributed by atoms with E-state index in [0.29, 0.717) is 31.1 Å². The maximum Gasteiger partial charge on any atom is 0.269 e. The molecule has 0 saturated carbocycles. The van der Waals surface area contributed by atoms with Crippen LogP contribution in [0.5, 0.6) is 0 Å². The molecule has 0 saturated heterocycles. The third-order valence-electron chi connectivity index (χ3n) is 2.85. The molecule has 5 nitrogen and oxygen atoms in total. The van der Waals surface area contributed by atoms with Crippen LogP contribution in [0.15, 0.2) is 18.3 Å². The lowest BCUT2D eigenvalue weighted by Crippen LogP contribution is -2.35. The van der Waals surface area contributed by atoms with E-state index < -0.39 is 5.60 Å². The maximum atomic E-state index is 11.7. The maximum absolute atomic E-state index is 11.7. The minimum Gasteiger partial charge on any atom is -0.388 e. The van der Waals surface area contributed by atoms with Crippen LogP contribution in [0.4, 0.5) is 5.69 Å². The van der Waals surface area contributed by atoms with Gasteiger partial charge in [0.1, 0.15) is 5.69 Å². The number of carbonyl (C=O) groups is 1. The topological polar surface area (TPSA) is 74.2 Å². The lowest BCUT2D eigenvalue weighted by molar-refractivity contribution is 0.0515. The molecule has 0 radical (unpaired) electrons. The van der Waals surface area contributed by atoms with Crippen molar-refractivity contribution in [1.29, 1.82) is 0 Å². The highest BCUT2D eigenvalue weighted by molar-refractivity contribution is 5.93. The minimum absolute atomic E-state index is 0.190. The Labute approximate surface area is 120 Å². The van der Waals surface area contributed by atoms with Crippen molar-refractivity contribution >= 4 is 11.6 Å². The Hall–Kier alpha value is -1.62. The monoisotopic (exact) mass is 279 g/mol. The minimum atomic E-state index is -0.775. The summed E-state index contributed by atoms with van der Waals surface area (Å²) in [6.07, 6.45) is 2.30. The van der Waals surface area contributed by atoms with E-state index in [2.05, 4.69) is 29.5 Å². The van der Waals surface area contributed by atoms with Gasteiger partial charge in [-0.3, -0.25) is 9.78 Å². The van der Waals surface area contributed by atoms with Crippen molar-refractivity contribution in [2.45, 2.75) is 39.7 Å². The van der Waals surface area contributed by atoms with Gasteiger partial charge in [0.2, 0.25) is 0 Å². The van der Waals surface area contributed by atoms with E-state index in [1.807, 2.05) is 13.8 Å². The van der Waals surface area contributed by atoms with Crippen LogP contribution in [-0.4, -0.2) is 34.7 Å². The number of nitrogens with one attached hydrogen (secondary N) is 2. The second-order valence-electron chi connectivity index (χ2n) is 5.74. The first kappa shape index (κ1) is 16.4. The lowest BCUT2D eigenvalue weighted by atomic mass is 9.94. The number of carbonyl (C=O) groups excluding carboxylic acids is 1. The molecule has 1 amide bonds. The zero-order chi connectivity index (χ0) is 15.2. The number of hydrogen-bond acceptors (Lipinski definition) is 4. The van der Waals surface area contributed by atoms with E-state index in [-0.39, 0.29) is 5.91 Å². The zero-order valence-electron chi connectivity index (χ0n) is 12.7. The highest BCUT2D eigenvalue weighted by Crippen LogP contribution is 2.17. The van der Waals surface area contributed by atoms with E-state index in [4.69, 9.17) is 0 Å². The first-order valence-corrected chi connectivity index (χ1v) is 7.04. The van der Waals surface area contributed by atoms with E-state index >= 15 is 0 Å². The molecule has 0 fully saturated rings. The Morgan fingerprint density at radius 2 is 2.20 bits per heavy atom. The normalized spacial score (nSPS) is 13.9. The van der Waals surface area contributed by atoms with Gasteiger partial charge < -0.3 is 15.7 Å². The van der Waals surface area contributed by atoms with Crippen LogP contribution in [0, 0.1) is 5.92 Å². The predicted octanol–water partition coefficient (Wildman–Crippen LogP) is 2.04. The van der Waals surface area contributed by atoms with Crippen molar-refractivity contribution in [3.8, 4) is 0 Å². The average molecular weight is 279 g/mol. The summed E-state index contributed by atoms with van der Waals surface area (Å²) in [6.45, 7) is 8.84. The Kier molecular flexibility index (Phi) is 5.95. The number of amides is 1. The van der Waals surface area contributed by atoms with Crippen molar-refractivity contribution in [2.75, 3.05) is 18.4 Å². The quantitative estimate of drug-likeness (QED) is 0.714. The third-order valence-corrected chi connectivity index (χ3v) is 2.85. The van der Waals surface area contributed by atoms with Gasteiger partial charge >= 0.3 is 0 Å². The number of rotatable bonds is 7. The Bertz CT molecular complexity index is 444. The Balaban J connectivity index is 2.65. The molecule has 1 heterocycles. The largest absolute Gasteiger partial charge is 0.388 e. The summed E-state index contributed by atoms with van der Waals surface area (Å²) in [5.74, 6) is 0.236. The Morgan fingerprint density at radius 3 is 2.80 bits per heavy atom. The number of pyridine rings is 1. The fourth-order valence-electron chi connectivity index (χ4n) is 2.16. The molecule has 0 aliphatic carbocycles. The molecular weight excluding hydrogens is 254 g/mol. The van der Waals surface area contributed by atoms with Crippen molar-refractivity contribution in [3.05, 3.63) is 24.0 Å². The standard InChI is InChI=1S/C15H25N3O2/c1-5-16-14(19)13-8-12(6-7-17-13)18-10-15(4,20)9-11(2)3/h6-8,11,20H,5,9-10H2,1-4H3,(H,16,19)(H,17,18). The van der Waals surface area contributed by atoms with Crippen LogP contribution in [0.3, 0.4) is 0 Å². The van der Waals surface area contributed by atoms with Gasteiger partial charge in [0.25, 0.3) is 5.91 Å². The molecule has 1 atom stereocenters. The molecule has 0 bridgehead atoms. The molecule has 1 aromatic rings. The number of nitrogens with zero attached hydrogens (tertiary/aromatic N) is 1. The number of aliphatic hydroxyl groups is 1. The van der Waals surface area contributed by atoms with Crippen LogP contribution in [0.25, 0.3) is 0 Å². The van der Waals surface area contributed by atoms with Crippen LogP contribution in [0.2, 0.25) is 0 Å². The molecule has 112 valence electrons. The van der Waals surface area contributed by atoms with E-state index in [0.717, 1.165) is 5.69 Å². The van der Waals surface area contributed by atoms with Crippen LogP contribution >= 0.6 is 0 Å². The predicted molar refractivity (Wildman–Crippen MR) is 80.8 cm³/mol. The molecule has 0 spiro atoms. The SMILES string of the molecule is CCNC(=O)c1cc(NCC(C)(O)CC(C)C)ccn1. The number of hydrogen-bond donors (Lipinski definition) is 3. The second kappa shape index (κ2) is 7.24. The van der Waals surface area contributed by atoms with Gasteiger partial charge in [0, 0.05) is 25.0 Å². The van der Waals surface area contributed by atoms with Crippen LogP contribution in [0.1, 0.15) is 44.6 Å². The van der Waals surface area contributed by atoms with Crippen LogP contribution < -0.4 is 10.6 Å². The first-order valence-electron chi connectivity index (χ1n) is 7.04. The van der Waals surface area contributed by atoms with E-state index in [9.17, 15) is 9.90 Å². The zero-order valence-corrected chi connectivity index (χ0v) is 12.7. The highest BCUT2D eigenvalue weighted by atomic mass is 16.3. The highest BCUT2D eigenvalue weighted by Gasteiger charge is 2.21. The molecule has 3 N–H and O–H groups in total. The molecule has 0 aliphatic heterocycles. The van der Waals surface area contributed by atoms with E-state index in [1.165, 1.54) is 0 Å². The summed E-state index contributed by atoms with van der Waals surface area (Å²) >= 11 is 0. The molecule has 1 unspecified atom stereocenters. The molecule has 0 aromatic carbocycles. The fourth-order valence-corrected chi connectivity index (χ4v) is 2.16. The molecule has 0 aliphatic rings. The number of anilines is 1. The third kappa shape index (κ3) is 5.57. The Morgan fingerprint density at radius 1 is 1.50 bits per heavy atom. The van der Waals surface area contributed by atoms with E-state index in [1.54, 1.807) is 18.3 Å². The van der Waals surface area contributed by atoms with Gasteiger partial charge in [-0.15, -0.1) is 0 Å². The molecule has 5 heteroatoms. The van der Waals surface area contributed by atoms with Gasteiger partial charge in [0.05, 0.1) is 5.60 Å². The number of aromatic nitrogens is 1. The molecular formula is C15H25N3O2. The summed E-state index contributed by atoms with van der Waals surface area (Å²) in [6, 6.07) is 3.48. The lowest BCUT2D eigenvalue weighted by Gasteiger charge is -2.26. The van der Waals surface area contributed by atoms with Gasteiger partial charge in [0.15, 0.2) is 0 Å². The molecule has 20 heavy (non-hydrogen) atoms. The van der Waals surface area contributed by atoms with Gasteiger partial charge in [-0.1, -0.05) is 13.8 Å². The second-order valence-corrected chi connectivity index (χ2v) is 5.74. The van der Waals surface area contributed by atoms with Crippen molar-refractivity contribution in [2.24, 2.45) is 5.92 Å². The van der Waals surface area contributed by atoms with Gasteiger partial charge in [-0.2, -0.15) is 0 Å². The summed E-state index contributed by atoms with van der Waals surface area (Å²) < 4.78 is 0. The summed E-state index contributed by atoms with van der Waals surface area (Å²) in [5, 5.41) is 16.1. The fraction of sp³-hybridized carbons (Fsp3) is 0.600. The van der Waals surface area contributed by atoms with Gasteiger partial charge in [-0.05, 0) is 38.3 Å². The van der Waals surface area contributed by atoms with Gasteiger partial charge in [-0.25, -0.2) is 0 Å².